The number of hydrogen-bond acceptors (Lipinski definition) is 3. The van der Waals surface area contributed by atoms with Crippen LogP contribution in [0.25, 0.3) is 6.20 Å². The van der Waals surface area contributed by atoms with Gasteiger partial charge in [0.2, 0.25) is 0 Å². The van der Waals surface area contributed by atoms with Crippen LogP contribution in [0.1, 0.15) is 5.82 Å². The molecule has 1 aromatic heterocycles. The highest BCUT2D eigenvalue weighted by atomic mass is 15.5. The van der Waals surface area contributed by atoms with Crippen molar-refractivity contribution in [1.29, 1.82) is 0 Å². The SMILES string of the molecule is C=C=Cn1nnnc1C. The van der Waals surface area contributed by atoms with Crippen molar-refractivity contribution in [1.82, 2.24) is 20.2 Å². The molecule has 46 valence electrons. The molecule has 0 saturated carbocycles. The summed E-state index contributed by atoms with van der Waals surface area (Å²) in [6.45, 7) is 5.18. The Bertz CT molecular complexity index is 243. The van der Waals surface area contributed by atoms with Crippen LogP contribution in [0, 0.1) is 6.92 Å². The van der Waals surface area contributed by atoms with Crippen molar-refractivity contribution in [3.05, 3.63) is 18.1 Å². The molecule has 4 nitrogen and oxygen atoms in total. The molecule has 0 bridgehead atoms. The quantitative estimate of drug-likeness (QED) is 0.501. The average Bonchev–Trinajstić information content (AvgIpc) is 2.18. The van der Waals surface area contributed by atoms with Crippen LogP contribution >= 0.6 is 0 Å². The Balaban J connectivity index is 3.07. The second kappa shape index (κ2) is 2.24. The Morgan fingerprint density at radius 3 is 3.00 bits per heavy atom. The molecular weight excluding hydrogens is 116 g/mol. The van der Waals surface area contributed by atoms with Crippen LogP contribution in [-0.2, 0) is 0 Å². The van der Waals surface area contributed by atoms with Crippen molar-refractivity contribution < 1.29 is 0 Å². The van der Waals surface area contributed by atoms with Gasteiger partial charge in [-0.1, -0.05) is 6.58 Å². The lowest BCUT2D eigenvalue weighted by molar-refractivity contribution is 0.812. The zero-order valence-corrected chi connectivity index (χ0v) is 5.07. The lowest BCUT2D eigenvalue weighted by Gasteiger charge is -1.84. The fraction of sp³-hybridized carbons (Fsp3) is 0.200. The average molecular weight is 122 g/mol. The molecule has 0 spiro atoms. The molecule has 0 amide bonds. The van der Waals surface area contributed by atoms with Crippen LogP contribution in [0.5, 0.6) is 0 Å². The molecule has 0 unspecified atom stereocenters. The number of rotatable bonds is 1. The van der Waals surface area contributed by atoms with Crippen LogP contribution in [0.4, 0.5) is 0 Å². The molecule has 0 aromatic carbocycles. The first-order valence-electron chi connectivity index (χ1n) is 2.45. The minimum Gasteiger partial charge on any atom is -0.197 e. The number of tetrazole rings is 1. The number of aryl methyl sites for hydroxylation is 1. The summed E-state index contributed by atoms with van der Waals surface area (Å²) < 4.78 is 1.49. The van der Waals surface area contributed by atoms with Crippen molar-refractivity contribution in [3.63, 3.8) is 0 Å². The van der Waals surface area contributed by atoms with E-state index in [9.17, 15) is 0 Å². The summed E-state index contributed by atoms with van der Waals surface area (Å²) in [4.78, 5) is 0. The van der Waals surface area contributed by atoms with Crippen LogP contribution in [-0.4, -0.2) is 20.2 Å². The summed E-state index contributed by atoms with van der Waals surface area (Å²) in [5.41, 5.74) is 2.56. The van der Waals surface area contributed by atoms with Gasteiger partial charge in [-0.2, -0.15) is 4.68 Å². The molecule has 0 saturated heterocycles. The van der Waals surface area contributed by atoms with Crippen molar-refractivity contribution in [3.8, 4) is 0 Å². The monoisotopic (exact) mass is 122 g/mol. The van der Waals surface area contributed by atoms with Gasteiger partial charge in [0.1, 0.15) is 0 Å². The van der Waals surface area contributed by atoms with Crippen LogP contribution in [0.2, 0.25) is 0 Å². The fourth-order valence-electron chi connectivity index (χ4n) is 0.444. The van der Waals surface area contributed by atoms with E-state index in [4.69, 9.17) is 0 Å². The first-order valence-corrected chi connectivity index (χ1v) is 2.45. The number of nitrogens with zero attached hydrogens (tertiary/aromatic N) is 4. The Morgan fingerprint density at radius 1 is 1.78 bits per heavy atom. The molecule has 1 aromatic rings. The molecule has 1 rings (SSSR count). The lowest BCUT2D eigenvalue weighted by Crippen LogP contribution is -1.90. The van der Waals surface area contributed by atoms with Gasteiger partial charge in [0.15, 0.2) is 5.82 Å². The molecule has 9 heavy (non-hydrogen) atoms. The van der Waals surface area contributed by atoms with E-state index in [0.717, 1.165) is 5.82 Å². The predicted octanol–water partition coefficient (Wildman–Crippen LogP) is 0.237. The van der Waals surface area contributed by atoms with Gasteiger partial charge in [-0.25, -0.2) is 0 Å². The third-order valence-electron chi connectivity index (χ3n) is 0.871. The summed E-state index contributed by atoms with van der Waals surface area (Å²) >= 11 is 0. The highest BCUT2D eigenvalue weighted by molar-refractivity contribution is 5.17. The van der Waals surface area contributed by atoms with Gasteiger partial charge in [-0.05, 0) is 17.4 Å². The highest BCUT2D eigenvalue weighted by Gasteiger charge is 1.91. The van der Waals surface area contributed by atoms with Gasteiger partial charge in [-0.3, -0.25) is 0 Å². The van der Waals surface area contributed by atoms with E-state index < -0.39 is 0 Å². The lowest BCUT2D eigenvalue weighted by atomic mass is 10.7. The summed E-state index contributed by atoms with van der Waals surface area (Å²) in [5.74, 6) is 0.728. The second-order valence-electron chi connectivity index (χ2n) is 1.50. The third kappa shape index (κ3) is 1.03. The number of hydrogen-bond donors (Lipinski definition) is 0. The zero-order valence-electron chi connectivity index (χ0n) is 5.07. The summed E-state index contributed by atoms with van der Waals surface area (Å²) in [7, 11) is 0. The van der Waals surface area contributed by atoms with Gasteiger partial charge in [0.25, 0.3) is 0 Å². The molecule has 0 aliphatic heterocycles. The van der Waals surface area contributed by atoms with Gasteiger partial charge in [0.05, 0.1) is 6.20 Å². The summed E-state index contributed by atoms with van der Waals surface area (Å²) in [5, 5.41) is 10.6. The van der Waals surface area contributed by atoms with E-state index in [1.165, 1.54) is 4.68 Å². The minimum atomic E-state index is 0.728. The van der Waals surface area contributed by atoms with Crippen molar-refractivity contribution >= 4 is 6.20 Å². The van der Waals surface area contributed by atoms with E-state index in [-0.39, 0.29) is 0 Å². The number of aromatic nitrogens is 4. The van der Waals surface area contributed by atoms with Gasteiger partial charge >= 0.3 is 0 Å². The standard InChI is InChI=1S/C5H6N4/c1-3-4-9-5(2)6-7-8-9/h4H,1H2,2H3. The smallest absolute Gasteiger partial charge is 0.153 e. The topological polar surface area (TPSA) is 43.6 Å². The summed E-state index contributed by atoms with van der Waals surface area (Å²) in [6.07, 6.45) is 1.56. The van der Waals surface area contributed by atoms with Crippen LogP contribution < -0.4 is 0 Å². The molecule has 0 radical (unpaired) electrons. The molecule has 1 heterocycles. The Morgan fingerprint density at radius 2 is 2.56 bits per heavy atom. The van der Waals surface area contributed by atoms with Crippen molar-refractivity contribution in [2.45, 2.75) is 6.92 Å². The summed E-state index contributed by atoms with van der Waals surface area (Å²) in [6, 6.07) is 0. The van der Waals surface area contributed by atoms with Gasteiger partial charge < -0.3 is 0 Å². The normalized spacial score (nSPS) is 8.56. The first kappa shape index (κ1) is 5.72. The van der Waals surface area contributed by atoms with Gasteiger partial charge in [0, 0.05) is 0 Å². The maximum Gasteiger partial charge on any atom is 0.153 e. The third-order valence-corrected chi connectivity index (χ3v) is 0.871. The van der Waals surface area contributed by atoms with Gasteiger partial charge in [-0.15, -0.1) is 10.8 Å². The second-order valence-corrected chi connectivity index (χ2v) is 1.50. The molecule has 0 fully saturated rings. The van der Waals surface area contributed by atoms with Crippen LogP contribution in [0.3, 0.4) is 0 Å². The Hall–Kier alpha value is -1.41. The largest absolute Gasteiger partial charge is 0.197 e. The predicted molar refractivity (Wildman–Crippen MR) is 32.5 cm³/mol. The molecular formula is C5H6N4. The Labute approximate surface area is 52.5 Å². The molecule has 0 N–H and O–H groups in total. The molecule has 0 aliphatic rings. The van der Waals surface area contributed by atoms with Crippen molar-refractivity contribution in [2.75, 3.05) is 0 Å². The van der Waals surface area contributed by atoms with Crippen molar-refractivity contribution in [2.24, 2.45) is 0 Å². The van der Waals surface area contributed by atoms with E-state index in [0.29, 0.717) is 0 Å². The molecule has 4 heteroatoms. The highest BCUT2D eigenvalue weighted by Crippen LogP contribution is 1.85. The van der Waals surface area contributed by atoms with E-state index >= 15 is 0 Å². The van der Waals surface area contributed by atoms with E-state index in [2.05, 4.69) is 27.8 Å². The minimum absolute atomic E-state index is 0.728. The van der Waals surface area contributed by atoms with E-state index in [1.54, 1.807) is 13.1 Å². The van der Waals surface area contributed by atoms with E-state index in [1.807, 2.05) is 0 Å². The molecule has 0 aliphatic carbocycles. The Kier molecular flexibility index (Phi) is 1.42. The molecule has 0 atom stereocenters. The zero-order chi connectivity index (χ0) is 6.69. The van der Waals surface area contributed by atoms with Crippen LogP contribution in [0.15, 0.2) is 12.3 Å². The maximum atomic E-state index is 3.64. The maximum absolute atomic E-state index is 3.64. The first-order chi connectivity index (χ1) is 4.34. The fourth-order valence-corrected chi connectivity index (χ4v) is 0.444.